The summed E-state index contributed by atoms with van der Waals surface area (Å²) in [5.41, 5.74) is 5.67. The molecule has 7 nitrogen and oxygen atoms in total. The topological polar surface area (TPSA) is 90.3 Å². The number of halogens is 1. The van der Waals surface area contributed by atoms with Crippen LogP contribution in [-0.4, -0.2) is 64.1 Å². The minimum Gasteiger partial charge on any atom is -0.508 e. The van der Waals surface area contributed by atoms with Crippen molar-refractivity contribution in [2.24, 2.45) is 17.8 Å². The SMILES string of the molecule is CCC1=C2[C@@H](CC/C(=C/c3ccc(O)cc3Cl)CC)OB(O)C[C@@H]2[C@@H]2C(=O)N(C3CCN(Cc4ccccc4)CC3)C(=O)[C@@H]2C1. The van der Waals surface area contributed by atoms with Crippen molar-refractivity contribution in [3.63, 3.8) is 0 Å². The van der Waals surface area contributed by atoms with Gasteiger partial charge in [0.2, 0.25) is 11.8 Å². The fourth-order valence-corrected chi connectivity index (χ4v) is 8.41. The molecule has 238 valence electrons. The van der Waals surface area contributed by atoms with Crippen molar-refractivity contribution in [2.75, 3.05) is 13.1 Å². The molecule has 45 heavy (non-hydrogen) atoms. The Morgan fingerprint density at radius 1 is 1.07 bits per heavy atom. The fraction of sp³-hybridized carbons (Fsp3) is 0.500. The van der Waals surface area contributed by atoms with Crippen LogP contribution in [0, 0.1) is 17.8 Å². The van der Waals surface area contributed by atoms with Crippen molar-refractivity contribution < 1.29 is 24.4 Å². The standard InChI is InChI=1S/C36H44BClN2O5/c1-3-23(18-26-11-12-28(41)20-31(26)38)10-13-32-33-25(4-2)19-29-34(30(33)21-37(44)45-32)36(43)40(35(29)42)27-14-16-39(17-15-27)22-24-8-6-5-7-9-24/h5-9,11-12,18,20,27,29-30,32,34,41,44H,3-4,10,13-17,19,21-22H2,1-2H3/b23-18+/t29-,30+,32-,34-/m1/s1. The van der Waals surface area contributed by atoms with E-state index in [1.165, 1.54) is 16.7 Å². The number of nitrogens with zero attached hydrogens (tertiary/aromatic N) is 2. The van der Waals surface area contributed by atoms with Gasteiger partial charge < -0.3 is 14.8 Å². The molecule has 4 aliphatic rings. The zero-order valence-corrected chi connectivity index (χ0v) is 27.1. The number of imide groups is 1. The molecule has 0 saturated carbocycles. The highest BCUT2D eigenvalue weighted by Gasteiger charge is 2.58. The number of benzene rings is 2. The van der Waals surface area contributed by atoms with E-state index in [1.807, 2.05) is 12.1 Å². The summed E-state index contributed by atoms with van der Waals surface area (Å²) < 4.78 is 6.18. The summed E-state index contributed by atoms with van der Waals surface area (Å²) in [6, 6.07) is 15.3. The van der Waals surface area contributed by atoms with Crippen LogP contribution in [0.1, 0.15) is 69.9 Å². The smallest absolute Gasteiger partial charge is 0.455 e. The van der Waals surface area contributed by atoms with E-state index in [0.717, 1.165) is 62.9 Å². The number of piperidine rings is 1. The largest absolute Gasteiger partial charge is 0.508 e. The molecular formula is C36H44BClN2O5. The average molecular weight is 631 g/mol. The predicted octanol–water partition coefficient (Wildman–Crippen LogP) is 6.49. The zero-order chi connectivity index (χ0) is 31.7. The Balaban J connectivity index is 1.17. The van der Waals surface area contributed by atoms with E-state index in [9.17, 15) is 19.7 Å². The Kier molecular flexibility index (Phi) is 9.86. The molecule has 1 aliphatic carbocycles. The summed E-state index contributed by atoms with van der Waals surface area (Å²) in [4.78, 5) is 32.1. The number of carbonyl (C=O) groups excluding carboxylic acids is 2. The van der Waals surface area contributed by atoms with Crippen LogP contribution in [0.3, 0.4) is 0 Å². The molecule has 3 saturated heterocycles. The molecule has 3 heterocycles. The molecule has 0 spiro atoms. The normalized spacial score (nSPS) is 26.4. The van der Waals surface area contributed by atoms with Gasteiger partial charge in [-0.1, -0.05) is 73.0 Å². The van der Waals surface area contributed by atoms with Crippen LogP contribution in [0.4, 0.5) is 0 Å². The number of hydrogen-bond acceptors (Lipinski definition) is 6. The highest BCUT2D eigenvalue weighted by atomic mass is 35.5. The van der Waals surface area contributed by atoms with Crippen LogP contribution < -0.4 is 0 Å². The molecule has 2 amide bonds. The van der Waals surface area contributed by atoms with Crippen molar-refractivity contribution in [2.45, 2.75) is 83.8 Å². The van der Waals surface area contributed by atoms with Crippen molar-refractivity contribution >= 4 is 36.6 Å². The van der Waals surface area contributed by atoms with Gasteiger partial charge in [0.05, 0.1) is 23.0 Å². The van der Waals surface area contributed by atoms with Gasteiger partial charge in [0, 0.05) is 25.7 Å². The highest BCUT2D eigenvalue weighted by Crippen LogP contribution is 2.52. The minimum absolute atomic E-state index is 0.0176. The van der Waals surface area contributed by atoms with Crippen LogP contribution in [0.2, 0.25) is 11.3 Å². The van der Waals surface area contributed by atoms with Crippen molar-refractivity contribution in [1.29, 1.82) is 0 Å². The van der Waals surface area contributed by atoms with E-state index in [0.29, 0.717) is 24.2 Å². The van der Waals surface area contributed by atoms with Crippen molar-refractivity contribution in [1.82, 2.24) is 9.80 Å². The summed E-state index contributed by atoms with van der Waals surface area (Å²) in [6.07, 6.45) is 7.32. The number of likely N-dealkylation sites (tertiary alicyclic amines) is 2. The summed E-state index contributed by atoms with van der Waals surface area (Å²) in [7, 11) is -0.973. The number of aromatic hydroxyl groups is 1. The summed E-state index contributed by atoms with van der Waals surface area (Å²) >= 11 is 6.38. The summed E-state index contributed by atoms with van der Waals surface area (Å²) in [5, 5.41) is 21.1. The Morgan fingerprint density at radius 3 is 2.51 bits per heavy atom. The number of rotatable bonds is 9. The third-order valence-corrected chi connectivity index (χ3v) is 10.8. The monoisotopic (exact) mass is 630 g/mol. The maximum atomic E-state index is 14.2. The van der Waals surface area contributed by atoms with Gasteiger partial charge in [0.25, 0.3) is 0 Å². The third-order valence-electron chi connectivity index (χ3n) is 10.5. The molecule has 6 rings (SSSR count). The van der Waals surface area contributed by atoms with Crippen molar-refractivity contribution in [3.05, 3.63) is 81.4 Å². The molecule has 0 radical (unpaired) electrons. The van der Waals surface area contributed by atoms with Gasteiger partial charge in [-0.15, -0.1) is 0 Å². The molecule has 2 aromatic rings. The Hall–Kier alpha value is -2.91. The zero-order valence-electron chi connectivity index (χ0n) is 26.3. The molecule has 0 unspecified atom stereocenters. The quantitative estimate of drug-likeness (QED) is 0.187. The minimum atomic E-state index is -0.973. The van der Waals surface area contributed by atoms with Gasteiger partial charge in [-0.2, -0.15) is 0 Å². The fourth-order valence-electron chi connectivity index (χ4n) is 8.18. The molecule has 3 aliphatic heterocycles. The first-order valence-corrected chi connectivity index (χ1v) is 17.0. The van der Waals surface area contributed by atoms with Gasteiger partial charge in [-0.05, 0) is 92.1 Å². The number of hydrogen-bond donors (Lipinski definition) is 2. The average Bonchev–Trinajstić information content (AvgIpc) is 3.29. The summed E-state index contributed by atoms with van der Waals surface area (Å²) in [5.74, 6) is -0.898. The van der Waals surface area contributed by atoms with Gasteiger partial charge >= 0.3 is 7.12 Å². The van der Waals surface area contributed by atoms with Gasteiger partial charge in [-0.3, -0.25) is 19.4 Å². The van der Waals surface area contributed by atoms with E-state index in [4.69, 9.17) is 16.3 Å². The van der Waals surface area contributed by atoms with Crippen molar-refractivity contribution in [3.8, 4) is 5.75 Å². The van der Waals surface area contributed by atoms with Gasteiger partial charge in [-0.25, -0.2) is 0 Å². The first kappa shape index (κ1) is 32.1. The van der Waals surface area contributed by atoms with E-state index in [2.05, 4.69) is 49.1 Å². The lowest BCUT2D eigenvalue weighted by molar-refractivity contribution is -0.144. The molecule has 9 heteroatoms. The maximum Gasteiger partial charge on any atom is 0.455 e. The van der Waals surface area contributed by atoms with Crippen LogP contribution in [-0.2, 0) is 20.8 Å². The second-order valence-corrected chi connectivity index (χ2v) is 13.5. The molecule has 0 aromatic heterocycles. The first-order valence-electron chi connectivity index (χ1n) is 16.6. The van der Waals surface area contributed by atoms with E-state index < -0.39 is 13.0 Å². The second-order valence-electron chi connectivity index (χ2n) is 13.1. The second kappa shape index (κ2) is 13.8. The number of phenolic OH excluding ortho intramolecular Hbond substituents is 1. The van der Waals surface area contributed by atoms with Crippen LogP contribution in [0.25, 0.3) is 6.08 Å². The first-order chi connectivity index (χ1) is 21.8. The lowest BCUT2D eigenvalue weighted by Crippen LogP contribution is -2.48. The molecule has 0 bridgehead atoms. The van der Waals surface area contributed by atoms with Gasteiger partial charge in [0.1, 0.15) is 5.75 Å². The lowest BCUT2D eigenvalue weighted by Gasteiger charge is -2.43. The molecule has 2 aromatic carbocycles. The number of phenols is 1. The van der Waals surface area contributed by atoms with Crippen LogP contribution >= 0.6 is 11.6 Å². The van der Waals surface area contributed by atoms with E-state index >= 15 is 0 Å². The molecule has 2 N–H and O–H groups in total. The predicted molar refractivity (Wildman–Crippen MR) is 177 cm³/mol. The number of amides is 2. The summed E-state index contributed by atoms with van der Waals surface area (Å²) in [6.45, 7) is 6.82. The van der Waals surface area contributed by atoms with E-state index in [-0.39, 0.29) is 41.5 Å². The molecule has 3 fully saturated rings. The highest BCUT2D eigenvalue weighted by molar-refractivity contribution is 6.43. The number of allylic oxidation sites excluding steroid dienone is 2. The maximum absolute atomic E-state index is 14.2. The molecule has 4 atom stereocenters. The number of carbonyl (C=O) groups is 2. The Labute approximate surface area is 272 Å². The third kappa shape index (κ3) is 6.66. The van der Waals surface area contributed by atoms with Crippen LogP contribution in [0.15, 0.2) is 65.3 Å². The number of fused-ring (bicyclic) bond motifs is 3. The Morgan fingerprint density at radius 2 is 1.82 bits per heavy atom. The van der Waals surface area contributed by atoms with E-state index in [1.54, 1.807) is 17.0 Å². The molecular weight excluding hydrogens is 587 g/mol. The van der Waals surface area contributed by atoms with Gasteiger partial charge in [0.15, 0.2) is 0 Å². The van der Waals surface area contributed by atoms with Crippen LogP contribution in [0.5, 0.6) is 5.75 Å². The Bertz CT molecular complexity index is 1470. The lowest BCUT2D eigenvalue weighted by atomic mass is 9.58.